The molecule has 0 saturated carbocycles. The van der Waals surface area contributed by atoms with Gasteiger partial charge in [0.2, 0.25) is 5.91 Å². The first-order chi connectivity index (χ1) is 9.47. The Morgan fingerprint density at radius 2 is 2.15 bits per heavy atom. The van der Waals surface area contributed by atoms with E-state index >= 15 is 0 Å². The molecule has 0 saturated heterocycles. The third kappa shape index (κ3) is 4.83. The van der Waals surface area contributed by atoms with Crippen LogP contribution < -0.4 is 11.1 Å². The molecule has 1 atom stereocenters. The zero-order valence-corrected chi connectivity index (χ0v) is 12.4. The largest absolute Gasteiger partial charge is 0.465 e. The van der Waals surface area contributed by atoms with Crippen LogP contribution in [-0.2, 0) is 9.53 Å². The van der Waals surface area contributed by atoms with E-state index in [1.54, 1.807) is 12.1 Å². The second-order valence-corrected chi connectivity index (χ2v) is 5.02. The fourth-order valence-corrected chi connectivity index (χ4v) is 1.74. The van der Waals surface area contributed by atoms with E-state index in [9.17, 15) is 9.59 Å². The third-order valence-electron chi connectivity index (χ3n) is 2.93. The maximum absolute atomic E-state index is 11.8. The number of esters is 1. The second kappa shape index (κ2) is 7.87. The van der Waals surface area contributed by atoms with Crippen molar-refractivity contribution >= 4 is 29.2 Å². The van der Waals surface area contributed by atoms with Gasteiger partial charge in [-0.2, -0.15) is 0 Å². The van der Waals surface area contributed by atoms with Crippen molar-refractivity contribution in [1.29, 1.82) is 0 Å². The average molecular weight is 299 g/mol. The highest BCUT2D eigenvalue weighted by Gasteiger charge is 2.12. The summed E-state index contributed by atoms with van der Waals surface area (Å²) in [6.45, 7) is 2.53. The normalized spacial score (nSPS) is 11.8. The molecule has 0 aromatic heterocycles. The zero-order chi connectivity index (χ0) is 15.1. The Morgan fingerprint density at radius 1 is 1.45 bits per heavy atom. The minimum Gasteiger partial charge on any atom is -0.465 e. The van der Waals surface area contributed by atoms with Crippen LogP contribution in [0.15, 0.2) is 18.2 Å². The van der Waals surface area contributed by atoms with E-state index in [-0.39, 0.29) is 11.8 Å². The summed E-state index contributed by atoms with van der Waals surface area (Å²) in [5.41, 5.74) is 6.24. The molecule has 1 aromatic rings. The number of amides is 1. The van der Waals surface area contributed by atoms with Crippen LogP contribution in [0.4, 0.5) is 5.69 Å². The summed E-state index contributed by atoms with van der Waals surface area (Å²) in [4.78, 5) is 23.2. The van der Waals surface area contributed by atoms with Crippen LogP contribution in [0.25, 0.3) is 0 Å². The fraction of sp³-hybridized carbons (Fsp3) is 0.429. The molecule has 0 fully saturated rings. The molecule has 6 heteroatoms. The van der Waals surface area contributed by atoms with Crippen molar-refractivity contribution in [3.8, 4) is 0 Å². The monoisotopic (exact) mass is 298 g/mol. The van der Waals surface area contributed by atoms with Crippen LogP contribution in [0.2, 0.25) is 5.02 Å². The summed E-state index contributed by atoms with van der Waals surface area (Å²) < 4.78 is 4.62. The summed E-state index contributed by atoms with van der Waals surface area (Å²) >= 11 is 5.99. The Labute approximate surface area is 123 Å². The van der Waals surface area contributed by atoms with Crippen LogP contribution >= 0.6 is 11.6 Å². The van der Waals surface area contributed by atoms with Gasteiger partial charge in [0, 0.05) is 6.42 Å². The van der Waals surface area contributed by atoms with Gasteiger partial charge >= 0.3 is 5.97 Å². The number of carbonyl (C=O) groups is 2. The lowest BCUT2D eigenvalue weighted by molar-refractivity contribution is -0.116. The number of rotatable bonds is 6. The molecule has 1 rings (SSSR count). The van der Waals surface area contributed by atoms with Gasteiger partial charge in [-0.3, -0.25) is 4.79 Å². The van der Waals surface area contributed by atoms with Crippen molar-refractivity contribution in [1.82, 2.24) is 0 Å². The molecule has 1 unspecified atom stereocenters. The Hall–Kier alpha value is -1.59. The summed E-state index contributed by atoms with van der Waals surface area (Å²) in [6.07, 6.45) is 1.06. The number of nitrogens with two attached hydrogens (primary N) is 1. The molecule has 1 aromatic carbocycles. The van der Waals surface area contributed by atoms with Crippen molar-refractivity contribution in [2.75, 3.05) is 19.0 Å². The highest BCUT2D eigenvalue weighted by Crippen LogP contribution is 2.23. The van der Waals surface area contributed by atoms with Crippen LogP contribution in [0.5, 0.6) is 0 Å². The molecular weight excluding hydrogens is 280 g/mol. The van der Waals surface area contributed by atoms with Crippen molar-refractivity contribution in [3.63, 3.8) is 0 Å². The standard InChI is InChI=1S/C14H19ClN2O3/c1-9(8-16)3-6-13(18)17-12-7-10(14(19)20-2)4-5-11(12)15/h4-5,7,9H,3,6,8,16H2,1-2H3,(H,17,18). The third-order valence-corrected chi connectivity index (χ3v) is 3.26. The van der Waals surface area contributed by atoms with E-state index in [1.165, 1.54) is 13.2 Å². The van der Waals surface area contributed by atoms with Gasteiger partial charge in [-0.05, 0) is 37.1 Å². The van der Waals surface area contributed by atoms with E-state index in [1.807, 2.05) is 6.92 Å². The highest BCUT2D eigenvalue weighted by atomic mass is 35.5. The number of halogens is 1. The van der Waals surface area contributed by atoms with Gasteiger partial charge in [0.05, 0.1) is 23.4 Å². The maximum atomic E-state index is 11.8. The minimum atomic E-state index is -0.478. The van der Waals surface area contributed by atoms with Crippen molar-refractivity contribution < 1.29 is 14.3 Å². The molecular formula is C14H19ClN2O3. The van der Waals surface area contributed by atoms with Gasteiger partial charge in [0.15, 0.2) is 0 Å². The van der Waals surface area contributed by atoms with Crippen LogP contribution in [0.3, 0.4) is 0 Å². The summed E-state index contributed by atoms with van der Waals surface area (Å²) in [5, 5.41) is 3.06. The Bertz CT molecular complexity index is 491. The Balaban J connectivity index is 2.71. The van der Waals surface area contributed by atoms with Crippen LogP contribution in [-0.4, -0.2) is 25.5 Å². The Kier molecular flexibility index (Phi) is 6.48. The Morgan fingerprint density at radius 3 is 2.75 bits per heavy atom. The van der Waals surface area contributed by atoms with Gasteiger partial charge in [-0.25, -0.2) is 4.79 Å². The molecule has 1 amide bonds. The minimum absolute atomic E-state index is 0.158. The van der Waals surface area contributed by atoms with E-state index in [2.05, 4.69) is 10.1 Å². The molecule has 110 valence electrons. The highest BCUT2D eigenvalue weighted by molar-refractivity contribution is 6.33. The lowest BCUT2D eigenvalue weighted by atomic mass is 10.1. The number of methoxy groups -OCH3 is 1. The fourth-order valence-electron chi connectivity index (χ4n) is 1.57. The SMILES string of the molecule is COC(=O)c1ccc(Cl)c(NC(=O)CCC(C)CN)c1. The van der Waals surface area contributed by atoms with E-state index in [4.69, 9.17) is 17.3 Å². The number of anilines is 1. The number of hydrogen-bond acceptors (Lipinski definition) is 4. The van der Waals surface area contributed by atoms with Crippen molar-refractivity contribution in [2.24, 2.45) is 11.7 Å². The van der Waals surface area contributed by atoms with E-state index < -0.39 is 5.97 Å². The predicted octanol–water partition coefficient (Wildman–Crippen LogP) is 2.44. The zero-order valence-electron chi connectivity index (χ0n) is 11.6. The molecule has 0 aliphatic heterocycles. The topological polar surface area (TPSA) is 81.4 Å². The first-order valence-electron chi connectivity index (χ1n) is 6.35. The molecule has 5 nitrogen and oxygen atoms in total. The molecule has 0 spiro atoms. The number of carbonyl (C=O) groups excluding carboxylic acids is 2. The van der Waals surface area contributed by atoms with Gasteiger partial charge in [0.25, 0.3) is 0 Å². The van der Waals surface area contributed by atoms with Gasteiger partial charge in [-0.1, -0.05) is 18.5 Å². The van der Waals surface area contributed by atoms with E-state index in [0.29, 0.717) is 35.7 Å². The number of hydrogen-bond donors (Lipinski definition) is 2. The van der Waals surface area contributed by atoms with Gasteiger partial charge in [-0.15, -0.1) is 0 Å². The lowest BCUT2D eigenvalue weighted by Crippen LogP contribution is -2.16. The van der Waals surface area contributed by atoms with Gasteiger partial charge in [0.1, 0.15) is 0 Å². The predicted molar refractivity (Wildman–Crippen MR) is 78.9 cm³/mol. The van der Waals surface area contributed by atoms with Crippen molar-refractivity contribution in [3.05, 3.63) is 28.8 Å². The number of nitrogens with one attached hydrogen (secondary N) is 1. The molecule has 3 N–H and O–H groups in total. The molecule has 0 bridgehead atoms. The number of ether oxygens (including phenoxy) is 1. The maximum Gasteiger partial charge on any atom is 0.337 e. The van der Waals surface area contributed by atoms with E-state index in [0.717, 1.165) is 0 Å². The van der Waals surface area contributed by atoms with Crippen molar-refractivity contribution in [2.45, 2.75) is 19.8 Å². The summed E-state index contributed by atoms with van der Waals surface area (Å²) in [5.74, 6) is -0.347. The smallest absolute Gasteiger partial charge is 0.337 e. The summed E-state index contributed by atoms with van der Waals surface area (Å²) in [7, 11) is 1.30. The van der Waals surface area contributed by atoms with Crippen LogP contribution in [0, 0.1) is 5.92 Å². The number of benzene rings is 1. The molecule has 0 radical (unpaired) electrons. The first-order valence-corrected chi connectivity index (χ1v) is 6.73. The summed E-state index contributed by atoms with van der Waals surface area (Å²) in [6, 6.07) is 4.59. The lowest BCUT2D eigenvalue weighted by Gasteiger charge is -2.10. The van der Waals surface area contributed by atoms with Crippen LogP contribution in [0.1, 0.15) is 30.1 Å². The molecule has 20 heavy (non-hydrogen) atoms. The molecule has 0 heterocycles. The average Bonchev–Trinajstić information content (AvgIpc) is 2.46. The first kappa shape index (κ1) is 16.5. The van der Waals surface area contributed by atoms with Gasteiger partial charge < -0.3 is 15.8 Å². The second-order valence-electron chi connectivity index (χ2n) is 4.61. The molecule has 0 aliphatic carbocycles. The quantitative estimate of drug-likeness (QED) is 0.790. The molecule has 0 aliphatic rings.